The molecular weight excluding hydrogens is 444 g/mol. The number of hydrogen-bond donors (Lipinski definition) is 1. The van der Waals surface area contributed by atoms with E-state index in [1.807, 2.05) is 19.1 Å². The zero-order chi connectivity index (χ0) is 23.5. The van der Waals surface area contributed by atoms with Gasteiger partial charge >= 0.3 is 5.69 Å². The summed E-state index contributed by atoms with van der Waals surface area (Å²) < 4.78 is 10.0. The predicted molar refractivity (Wildman–Crippen MR) is 127 cm³/mol. The van der Waals surface area contributed by atoms with Gasteiger partial charge in [-0.1, -0.05) is 29.7 Å². The first-order valence-electron chi connectivity index (χ1n) is 11.1. The number of aliphatic hydroxyl groups is 1. The summed E-state index contributed by atoms with van der Waals surface area (Å²) in [5, 5.41) is 9.80. The first-order valence-corrected chi connectivity index (χ1v) is 11.5. The number of imidazole rings is 1. The Morgan fingerprint density at radius 1 is 1.24 bits per heavy atom. The Bertz CT molecular complexity index is 1320. The van der Waals surface area contributed by atoms with E-state index in [0.29, 0.717) is 41.9 Å². The molecule has 0 radical (unpaired) electrons. The van der Waals surface area contributed by atoms with Gasteiger partial charge in [0.25, 0.3) is 5.56 Å². The van der Waals surface area contributed by atoms with Gasteiger partial charge in [0.1, 0.15) is 6.10 Å². The highest BCUT2D eigenvalue weighted by Gasteiger charge is 2.22. The predicted octanol–water partition coefficient (Wildman–Crippen LogP) is 2.15. The minimum absolute atomic E-state index is 0.118. The summed E-state index contributed by atoms with van der Waals surface area (Å²) in [7, 11) is 1.58. The lowest BCUT2D eigenvalue weighted by atomic mass is 10.2. The number of halogens is 1. The molecule has 0 aliphatic heterocycles. The van der Waals surface area contributed by atoms with Crippen LogP contribution in [0.2, 0.25) is 5.02 Å². The lowest BCUT2D eigenvalue weighted by molar-refractivity contribution is 0.0946. The molecule has 1 atom stereocenters. The number of nitrogens with zero attached hydrogens (tertiary/aromatic N) is 4. The van der Waals surface area contributed by atoms with Crippen LogP contribution in [-0.2, 0) is 24.9 Å². The van der Waals surface area contributed by atoms with Crippen LogP contribution in [0.4, 0.5) is 0 Å². The molecule has 2 aromatic heterocycles. The summed E-state index contributed by atoms with van der Waals surface area (Å²) in [6.07, 6.45) is 2.43. The van der Waals surface area contributed by atoms with Crippen molar-refractivity contribution in [1.29, 1.82) is 0 Å². The molecule has 0 bridgehead atoms. The summed E-state index contributed by atoms with van der Waals surface area (Å²) in [5.74, 6) is 7.15. The second-order valence-electron chi connectivity index (χ2n) is 8.38. The molecular formula is C24H27ClN4O4. The molecule has 1 N–H and O–H groups in total. The van der Waals surface area contributed by atoms with Crippen LogP contribution >= 0.6 is 11.6 Å². The van der Waals surface area contributed by atoms with Crippen LogP contribution in [0.15, 0.2) is 33.9 Å². The summed E-state index contributed by atoms with van der Waals surface area (Å²) in [6, 6.07) is 7.31. The highest BCUT2D eigenvalue weighted by atomic mass is 35.5. The molecule has 0 spiro atoms. The van der Waals surface area contributed by atoms with E-state index in [9.17, 15) is 14.7 Å². The second kappa shape index (κ2) is 9.96. The number of aryl methyl sites for hydroxylation is 1. The fourth-order valence-electron chi connectivity index (χ4n) is 3.59. The van der Waals surface area contributed by atoms with Crippen molar-refractivity contribution in [2.24, 2.45) is 13.0 Å². The van der Waals surface area contributed by atoms with Crippen molar-refractivity contribution in [3.05, 3.63) is 61.5 Å². The molecule has 1 aliphatic rings. The maximum absolute atomic E-state index is 13.3. The number of aliphatic hydroxyl groups excluding tert-OH is 1. The summed E-state index contributed by atoms with van der Waals surface area (Å²) in [4.78, 5) is 30.6. The Balaban J connectivity index is 1.82. The summed E-state index contributed by atoms with van der Waals surface area (Å²) in [5.41, 5.74) is 0.553. The van der Waals surface area contributed by atoms with E-state index in [1.165, 1.54) is 17.4 Å². The molecule has 0 amide bonds. The van der Waals surface area contributed by atoms with Gasteiger partial charge in [-0.3, -0.25) is 13.9 Å². The normalized spacial score (nSPS) is 14.3. The minimum atomic E-state index is -0.474. The van der Waals surface area contributed by atoms with Crippen LogP contribution < -0.4 is 11.2 Å². The second-order valence-corrected chi connectivity index (χ2v) is 8.82. The van der Waals surface area contributed by atoms with Gasteiger partial charge in [-0.25, -0.2) is 9.78 Å². The number of aromatic nitrogens is 4. The third-order valence-electron chi connectivity index (χ3n) is 5.69. The molecule has 33 heavy (non-hydrogen) atoms. The van der Waals surface area contributed by atoms with E-state index in [1.54, 1.807) is 23.7 Å². The largest absolute Gasteiger partial charge is 0.396 e. The SMILES string of the molecule is CC(C#Cc1nc2c(c(=O)n(CCCO)c(=O)n2C)n1Cc1ccc(Cl)cc1)OCC1CC1. The Hall–Kier alpha value is -2.86. The van der Waals surface area contributed by atoms with Crippen molar-refractivity contribution in [2.45, 2.75) is 45.4 Å². The van der Waals surface area contributed by atoms with Crippen molar-refractivity contribution in [1.82, 2.24) is 18.7 Å². The minimum Gasteiger partial charge on any atom is -0.396 e. The smallest absolute Gasteiger partial charge is 0.332 e. The first-order chi connectivity index (χ1) is 15.9. The third kappa shape index (κ3) is 5.22. The van der Waals surface area contributed by atoms with E-state index >= 15 is 0 Å². The lowest BCUT2D eigenvalue weighted by Gasteiger charge is -2.10. The Morgan fingerprint density at radius 3 is 2.64 bits per heavy atom. The average Bonchev–Trinajstić information content (AvgIpc) is 3.57. The van der Waals surface area contributed by atoms with E-state index in [0.717, 1.165) is 10.1 Å². The van der Waals surface area contributed by atoms with E-state index in [4.69, 9.17) is 16.3 Å². The summed E-state index contributed by atoms with van der Waals surface area (Å²) in [6.45, 7) is 2.92. The van der Waals surface area contributed by atoms with Gasteiger partial charge in [0.15, 0.2) is 17.0 Å². The monoisotopic (exact) mass is 470 g/mol. The van der Waals surface area contributed by atoms with E-state index in [2.05, 4.69) is 16.8 Å². The lowest BCUT2D eigenvalue weighted by Crippen LogP contribution is -2.40. The number of rotatable bonds is 8. The van der Waals surface area contributed by atoms with Crippen molar-refractivity contribution in [2.75, 3.05) is 13.2 Å². The third-order valence-corrected chi connectivity index (χ3v) is 5.94. The molecule has 174 valence electrons. The molecule has 1 aliphatic carbocycles. The van der Waals surface area contributed by atoms with Crippen LogP contribution in [0, 0.1) is 17.8 Å². The van der Waals surface area contributed by atoms with Crippen LogP contribution in [0.5, 0.6) is 0 Å². The molecule has 9 heteroatoms. The maximum Gasteiger partial charge on any atom is 0.332 e. The van der Waals surface area contributed by atoms with Gasteiger partial charge in [-0.05, 0) is 55.7 Å². The number of fused-ring (bicyclic) bond motifs is 1. The van der Waals surface area contributed by atoms with E-state index in [-0.39, 0.29) is 24.9 Å². The molecule has 1 fully saturated rings. The molecule has 2 heterocycles. The molecule has 4 rings (SSSR count). The van der Waals surface area contributed by atoms with Gasteiger partial charge in [0.2, 0.25) is 0 Å². The Labute approximate surface area is 196 Å². The van der Waals surface area contributed by atoms with Crippen molar-refractivity contribution >= 4 is 22.8 Å². The van der Waals surface area contributed by atoms with Gasteiger partial charge in [0, 0.05) is 25.2 Å². The standard InChI is InChI=1S/C24H27ClN4O4/c1-16(33-15-18-5-6-18)4-11-20-26-22-21(29(20)14-17-7-9-19(25)10-8-17)23(31)28(12-3-13-30)24(32)27(22)2/h7-10,16,18,30H,3,5-6,12-15H2,1-2H3. The maximum atomic E-state index is 13.3. The first kappa shape index (κ1) is 23.3. The van der Waals surface area contributed by atoms with Crippen molar-refractivity contribution < 1.29 is 9.84 Å². The highest BCUT2D eigenvalue weighted by Crippen LogP contribution is 2.29. The number of ether oxygens (including phenoxy) is 1. The molecule has 3 aromatic rings. The molecule has 8 nitrogen and oxygen atoms in total. The van der Waals surface area contributed by atoms with Crippen LogP contribution in [0.1, 0.15) is 37.6 Å². The molecule has 0 saturated heterocycles. The Morgan fingerprint density at radius 2 is 1.97 bits per heavy atom. The van der Waals surface area contributed by atoms with Crippen LogP contribution in [0.25, 0.3) is 11.2 Å². The molecule has 1 aromatic carbocycles. The summed E-state index contributed by atoms with van der Waals surface area (Å²) >= 11 is 6.03. The number of hydrogen-bond acceptors (Lipinski definition) is 5. The zero-order valence-corrected chi connectivity index (χ0v) is 19.5. The quantitative estimate of drug-likeness (QED) is 0.509. The topological polar surface area (TPSA) is 91.3 Å². The number of benzene rings is 1. The van der Waals surface area contributed by atoms with E-state index < -0.39 is 11.2 Å². The van der Waals surface area contributed by atoms with Crippen molar-refractivity contribution in [3.8, 4) is 11.8 Å². The van der Waals surface area contributed by atoms with Gasteiger partial charge < -0.3 is 14.4 Å². The van der Waals surface area contributed by atoms with Crippen LogP contribution in [0.3, 0.4) is 0 Å². The average molecular weight is 471 g/mol. The van der Waals surface area contributed by atoms with Crippen molar-refractivity contribution in [3.63, 3.8) is 0 Å². The van der Waals surface area contributed by atoms with Gasteiger partial charge in [0.05, 0.1) is 13.2 Å². The van der Waals surface area contributed by atoms with Crippen LogP contribution in [-0.4, -0.2) is 43.1 Å². The Kier molecular flexibility index (Phi) is 7.03. The fourth-order valence-corrected chi connectivity index (χ4v) is 3.72. The fraction of sp³-hybridized carbons (Fsp3) is 0.458. The molecule has 1 saturated carbocycles. The highest BCUT2D eigenvalue weighted by molar-refractivity contribution is 6.30. The zero-order valence-electron chi connectivity index (χ0n) is 18.8. The van der Waals surface area contributed by atoms with Gasteiger partial charge in [-0.15, -0.1) is 0 Å². The van der Waals surface area contributed by atoms with Gasteiger partial charge in [-0.2, -0.15) is 0 Å². The molecule has 1 unspecified atom stereocenters.